The third-order valence-corrected chi connectivity index (χ3v) is 2.92. The van der Waals surface area contributed by atoms with Gasteiger partial charge in [0.25, 0.3) is 0 Å². The Balaban J connectivity index is 2.12. The first-order chi connectivity index (χ1) is 8.46. The van der Waals surface area contributed by atoms with Gasteiger partial charge in [-0.1, -0.05) is 19.9 Å². The Morgan fingerprint density at radius 2 is 1.94 bits per heavy atom. The zero-order chi connectivity index (χ0) is 13.2. The van der Waals surface area contributed by atoms with Crippen molar-refractivity contribution in [3.8, 4) is 11.5 Å². The van der Waals surface area contributed by atoms with Gasteiger partial charge in [-0.15, -0.1) is 0 Å². The standard InChI is InChI=1S/C14H18O4/c1-14(2,9-13(15)16)8-10-3-4-11-12(7-10)18-6-5-17-11/h3-4,7H,5-6,8-9H2,1-2H3,(H,15,16). The molecule has 4 nitrogen and oxygen atoms in total. The van der Waals surface area contributed by atoms with Crippen LogP contribution in [-0.2, 0) is 11.2 Å². The van der Waals surface area contributed by atoms with Crippen LogP contribution in [0.25, 0.3) is 0 Å². The van der Waals surface area contributed by atoms with Crippen molar-refractivity contribution in [2.24, 2.45) is 5.41 Å². The first-order valence-electron chi connectivity index (χ1n) is 6.07. The normalized spacial score (nSPS) is 14.3. The van der Waals surface area contributed by atoms with Crippen molar-refractivity contribution in [3.05, 3.63) is 23.8 Å². The van der Waals surface area contributed by atoms with Crippen LogP contribution < -0.4 is 9.47 Å². The second kappa shape index (κ2) is 4.88. The molecular weight excluding hydrogens is 232 g/mol. The largest absolute Gasteiger partial charge is 0.486 e. The van der Waals surface area contributed by atoms with E-state index in [-0.39, 0.29) is 11.8 Å². The summed E-state index contributed by atoms with van der Waals surface area (Å²) in [5.74, 6) is 0.753. The molecule has 1 aromatic rings. The lowest BCUT2D eigenvalue weighted by molar-refractivity contribution is -0.139. The van der Waals surface area contributed by atoms with Crippen LogP contribution in [0.2, 0.25) is 0 Å². The van der Waals surface area contributed by atoms with Crippen LogP contribution in [0.3, 0.4) is 0 Å². The first-order valence-corrected chi connectivity index (χ1v) is 6.07. The molecule has 0 unspecified atom stereocenters. The molecule has 98 valence electrons. The Morgan fingerprint density at radius 1 is 1.28 bits per heavy atom. The van der Waals surface area contributed by atoms with Crippen LogP contribution in [0.4, 0.5) is 0 Å². The molecule has 0 saturated carbocycles. The molecule has 0 amide bonds. The van der Waals surface area contributed by atoms with E-state index >= 15 is 0 Å². The van der Waals surface area contributed by atoms with E-state index < -0.39 is 5.97 Å². The number of carbonyl (C=O) groups is 1. The zero-order valence-corrected chi connectivity index (χ0v) is 10.7. The maximum atomic E-state index is 10.8. The Kier molecular flexibility index (Phi) is 3.45. The Hall–Kier alpha value is -1.71. The minimum Gasteiger partial charge on any atom is -0.486 e. The zero-order valence-electron chi connectivity index (χ0n) is 10.7. The van der Waals surface area contributed by atoms with Gasteiger partial charge in [0.2, 0.25) is 0 Å². The van der Waals surface area contributed by atoms with Crippen molar-refractivity contribution in [1.82, 2.24) is 0 Å². The van der Waals surface area contributed by atoms with Gasteiger partial charge in [-0.2, -0.15) is 0 Å². The van der Waals surface area contributed by atoms with Crippen molar-refractivity contribution in [2.45, 2.75) is 26.7 Å². The van der Waals surface area contributed by atoms with Gasteiger partial charge in [-0.25, -0.2) is 0 Å². The number of aliphatic carboxylic acids is 1. The number of ether oxygens (including phenoxy) is 2. The van der Waals surface area contributed by atoms with E-state index in [0.29, 0.717) is 19.6 Å². The molecule has 0 atom stereocenters. The molecule has 4 heteroatoms. The molecule has 1 heterocycles. The van der Waals surface area contributed by atoms with E-state index in [2.05, 4.69) is 0 Å². The predicted molar refractivity (Wildman–Crippen MR) is 67.2 cm³/mol. The first kappa shape index (κ1) is 12.7. The van der Waals surface area contributed by atoms with Crippen LogP contribution in [0.5, 0.6) is 11.5 Å². The fraction of sp³-hybridized carbons (Fsp3) is 0.500. The van der Waals surface area contributed by atoms with E-state index in [4.69, 9.17) is 14.6 Å². The van der Waals surface area contributed by atoms with E-state index in [1.807, 2.05) is 32.0 Å². The van der Waals surface area contributed by atoms with Crippen molar-refractivity contribution in [1.29, 1.82) is 0 Å². The molecule has 0 radical (unpaired) electrons. The number of carboxylic acid groups (broad SMARTS) is 1. The minimum atomic E-state index is -0.766. The number of benzene rings is 1. The molecule has 2 rings (SSSR count). The molecular formula is C14H18O4. The highest BCUT2D eigenvalue weighted by Crippen LogP contribution is 2.33. The average Bonchev–Trinajstić information content (AvgIpc) is 2.26. The van der Waals surface area contributed by atoms with Crippen molar-refractivity contribution in [2.75, 3.05) is 13.2 Å². The molecule has 0 aromatic heterocycles. The van der Waals surface area contributed by atoms with Crippen LogP contribution in [0.1, 0.15) is 25.8 Å². The summed E-state index contributed by atoms with van der Waals surface area (Å²) in [6.45, 7) is 5.06. The quantitative estimate of drug-likeness (QED) is 0.892. The van der Waals surface area contributed by atoms with E-state index in [1.54, 1.807) is 0 Å². The van der Waals surface area contributed by atoms with Gasteiger partial charge in [0.05, 0.1) is 6.42 Å². The Bertz CT molecular complexity index is 451. The van der Waals surface area contributed by atoms with Gasteiger partial charge >= 0.3 is 5.97 Å². The predicted octanol–water partition coefficient (Wildman–Crippen LogP) is 2.50. The summed E-state index contributed by atoms with van der Waals surface area (Å²) in [5, 5.41) is 8.87. The lowest BCUT2D eigenvalue weighted by Gasteiger charge is -2.24. The second-order valence-electron chi connectivity index (χ2n) is 5.39. The monoisotopic (exact) mass is 250 g/mol. The second-order valence-corrected chi connectivity index (χ2v) is 5.39. The Labute approximate surface area is 107 Å². The maximum Gasteiger partial charge on any atom is 0.303 e. The molecule has 1 aliphatic heterocycles. The molecule has 0 aliphatic carbocycles. The number of rotatable bonds is 4. The molecule has 0 saturated heterocycles. The highest BCUT2D eigenvalue weighted by Gasteiger charge is 2.23. The SMILES string of the molecule is CC(C)(CC(=O)O)Cc1ccc2c(c1)OCCO2. The molecule has 1 aliphatic rings. The number of fused-ring (bicyclic) bond motifs is 1. The van der Waals surface area contributed by atoms with Crippen LogP contribution in [0.15, 0.2) is 18.2 Å². The van der Waals surface area contributed by atoms with Crippen molar-refractivity contribution < 1.29 is 19.4 Å². The van der Waals surface area contributed by atoms with E-state index in [1.165, 1.54) is 0 Å². The van der Waals surface area contributed by atoms with Gasteiger partial charge in [-0.3, -0.25) is 4.79 Å². The van der Waals surface area contributed by atoms with Crippen LogP contribution in [0, 0.1) is 5.41 Å². The number of hydrogen-bond acceptors (Lipinski definition) is 3. The fourth-order valence-electron chi connectivity index (χ4n) is 2.22. The lowest BCUT2D eigenvalue weighted by atomic mass is 9.82. The summed E-state index contributed by atoms with van der Waals surface area (Å²) >= 11 is 0. The smallest absolute Gasteiger partial charge is 0.303 e. The molecule has 1 aromatic carbocycles. The van der Waals surface area contributed by atoms with Crippen LogP contribution >= 0.6 is 0 Å². The highest BCUT2D eigenvalue weighted by molar-refractivity contribution is 5.67. The average molecular weight is 250 g/mol. The van der Waals surface area contributed by atoms with Gasteiger partial charge in [-0.05, 0) is 29.5 Å². The summed E-state index contributed by atoms with van der Waals surface area (Å²) in [6, 6.07) is 5.80. The third kappa shape index (κ3) is 3.15. The highest BCUT2D eigenvalue weighted by atomic mass is 16.6. The summed E-state index contributed by atoms with van der Waals surface area (Å²) in [6.07, 6.45) is 0.859. The molecule has 1 N–H and O–H groups in total. The molecule has 18 heavy (non-hydrogen) atoms. The topological polar surface area (TPSA) is 55.8 Å². The molecule has 0 bridgehead atoms. The van der Waals surface area contributed by atoms with Crippen LogP contribution in [-0.4, -0.2) is 24.3 Å². The van der Waals surface area contributed by atoms with Gasteiger partial charge in [0.1, 0.15) is 13.2 Å². The summed E-state index contributed by atoms with van der Waals surface area (Å²) < 4.78 is 11.0. The number of carboxylic acids is 1. The summed E-state index contributed by atoms with van der Waals surface area (Å²) in [7, 11) is 0. The number of hydrogen-bond donors (Lipinski definition) is 1. The van der Waals surface area contributed by atoms with E-state index in [0.717, 1.165) is 17.1 Å². The maximum absolute atomic E-state index is 10.8. The summed E-state index contributed by atoms with van der Waals surface area (Å²) in [5.41, 5.74) is 0.806. The fourth-order valence-corrected chi connectivity index (χ4v) is 2.22. The molecule has 0 spiro atoms. The minimum absolute atomic E-state index is 0.154. The molecule has 0 fully saturated rings. The van der Waals surface area contributed by atoms with Gasteiger partial charge < -0.3 is 14.6 Å². The summed E-state index contributed by atoms with van der Waals surface area (Å²) in [4.78, 5) is 10.8. The van der Waals surface area contributed by atoms with Gasteiger partial charge in [0.15, 0.2) is 11.5 Å². The van der Waals surface area contributed by atoms with E-state index in [9.17, 15) is 4.79 Å². The van der Waals surface area contributed by atoms with Crippen molar-refractivity contribution in [3.63, 3.8) is 0 Å². The van der Waals surface area contributed by atoms with Crippen molar-refractivity contribution >= 4 is 5.97 Å². The Morgan fingerprint density at radius 3 is 2.61 bits per heavy atom. The third-order valence-electron chi connectivity index (χ3n) is 2.92. The van der Waals surface area contributed by atoms with Gasteiger partial charge in [0, 0.05) is 0 Å². The lowest BCUT2D eigenvalue weighted by Crippen LogP contribution is -2.20.